The Balaban J connectivity index is 1.39. The Kier molecular flexibility index (Phi) is 6.06. The van der Waals surface area contributed by atoms with E-state index in [9.17, 15) is 9.59 Å². The first kappa shape index (κ1) is 19.8. The fraction of sp³-hybridized carbons (Fsp3) is 0.318. The zero-order valence-electron chi connectivity index (χ0n) is 16.1. The lowest BCUT2D eigenvalue weighted by molar-refractivity contribution is -0.126. The minimum Gasteiger partial charge on any atom is -0.335 e. The highest BCUT2D eigenvalue weighted by Crippen LogP contribution is 2.23. The average molecular weight is 455 g/mol. The van der Waals surface area contributed by atoms with Crippen LogP contribution in [0.3, 0.4) is 0 Å². The van der Waals surface area contributed by atoms with Crippen LogP contribution in [-0.4, -0.2) is 53.5 Å². The van der Waals surface area contributed by atoms with Crippen molar-refractivity contribution in [3.63, 3.8) is 0 Å². The Morgan fingerprint density at radius 2 is 1.62 bits per heavy atom. The quantitative estimate of drug-likeness (QED) is 0.711. The summed E-state index contributed by atoms with van der Waals surface area (Å²) in [5.74, 6) is -0.143. The second-order valence-corrected chi connectivity index (χ2v) is 8.20. The monoisotopic (exact) mass is 454 g/mol. The van der Waals surface area contributed by atoms with E-state index in [0.29, 0.717) is 37.3 Å². The fourth-order valence-electron chi connectivity index (χ4n) is 3.62. The Bertz CT molecular complexity index is 906. The number of piperazine rings is 1. The maximum Gasteiger partial charge on any atom is 0.270 e. The molecule has 0 atom stereocenters. The summed E-state index contributed by atoms with van der Waals surface area (Å²) in [6, 6.07) is 17.7. The molecule has 0 radical (unpaired) electrons. The molecule has 29 heavy (non-hydrogen) atoms. The summed E-state index contributed by atoms with van der Waals surface area (Å²) in [4.78, 5) is 29.5. The minimum absolute atomic E-state index is 0.0565. The van der Waals surface area contributed by atoms with Gasteiger partial charge in [-0.2, -0.15) is 5.10 Å². The summed E-state index contributed by atoms with van der Waals surface area (Å²) in [5.41, 5.74) is 2.42. The Morgan fingerprint density at radius 1 is 0.931 bits per heavy atom. The number of hydrazone groups is 1. The lowest BCUT2D eigenvalue weighted by Gasteiger charge is -2.35. The van der Waals surface area contributed by atoms with Gasteiger partial charge in [-0.3, -0.25) is 14.5 Å². The first-order chi connectivity index (χ1) is 14.1. The molecule has 1 fully saturated rings. The number of nitrogens with zero attached hydrogens (tertiary/aromatic N) is 4. The molecular formula is C22H23BrN4O2. The number of hydrogen-bond acceptors (Lipinski definition) is 4. The summed E-state index contributed by atoms with van der Waals surface area (Å²) in [5, 5.41) is 5.76. The first-order valence-electron chi connectivity index (χ1n) is 9.82. The van der Waals surface area contributed by atoms with Crippen molar-refractivity contribution < 1.29 is 9.59 Å². The minimum atomic E-state index is -0.0865. The predicted octanol–water partition coefficient (Wildman–Crippen LogP) is 3.28. The van der Waals surface area contributed by atoms with Gasteiger partial charge in [0.05, 0.1) is 5.69 Å². The number of rotatable bonds is 4. The molecule has 0 N–H and O–H groups in total. The highest BCUT2D eigenvalue weighted by Gasteiger charge is 2.30. The Labute approximate surface area is 178 Å². The van der Waals surface area contributed by atoms with Gasteiger partial charge < -0.3 is 4.90 Å². The summed E-state index contributed by atoms with van der Waals surface area (Å²) >= 11 is 3.39. The van der Waals surface area contributed by atoms with E-state index >= 15 is 0 Å². The molecule has 0 aliphatic carbocycles. The zero-order chi connectivity index (χ0) is 20.2. The largest absolute Gasteiger partial charge is 0.335 e. The number of amides is 2. The van der Waals surface area contributed by atoms with Crippen LogP contribution < -0.4 is 5.01 Å². The molecule has 0 aromatic heterocycles. The van der Waals surface area contributed by atoms with Crippen molar-refractivity contribution in [3.05, 3.63) is 64.6 Å². The molecule has 4 rings (SSSR count). The third-order valence-corrected chi connectivity index (χ3v) is 5.79. The fourth-order valence-corrected chi connectivity index (χ4v) is 3.89. The van der Waals surface area contributed by atoms with E-state index in [1.807, 2.05) is 35.2 Å². The Hall–Kier alpha value is -2.51. The topological polar surface area (TPSA) is 56.2 Å². The number of hydrogen-bond donors (Lipinski definition) is 0. The second kappa shape index (κ2) is 8.88. The van der Waals surface area contributed by atoms with Crippen molar-refractivity contribution in [2.24, 2.45) is 5.10 Å². The lowest BCUT2D eigenvalue weighted by Crippen LogP contribution is -2.51. The smallest absolute Gasteiger partial charge is 0.270 e. The highest BCUT2D eigenvalue weighted by molar-refractivity contribution is 9.10. The maximum atomic E-state index is 13.0. The van der Waals surface area contributed by atoms with Gasteiger partial charge in [0, 0.05) is 50.0 Å². The van der Waals surface area contributed by atoms with E-state index < -0.39 is 0 Å². The van der Waals surface area contributed by atoms with Gasteiger partial charge in [0.15, 0.2) is 0 Å². The molecule has 150 valence electrons. The predicted molar refractivity (Wildman–Crippen MR) is 117 cm³/mol. The van der Waals surface area contributed by atoms with Crippen molar-refractivity contribution in [2.75, 3.05) is 31.2 Å². The third kappa shape index (κ3) is 4.74. The number of benzene rings is 2. The van der Waals surface area contributed by atoms with Gasteiger partial charge in [0.1, 0.15) is 5.71 Å². The molecule has 2 aromatic rings. The van der Waals surface area contributed by atoms with Crippen molar-refractivity contribution in [1.82, 2.24) is 9.80 Å². The first-order valence-corrected chi connectivity index (χ1v) is 10.6. The zero-order valence-corrected chi connectivity index (χ0v) is 17.7. The van der Waals surface area contributed by atoms with Crippen LogP contribution in [0.2, 0.25) is 0 Å². The van der Waals surface area contributed by atoms with Gasteiger partial charge in [-0.1, -0.05) is 46.3 Å². The number of anilines is 1. The summed E-state index contributed by atoms with van der Waals surface area (Å²) in [7, 11) is 0. The molecule has 2 amide bonds. The van der Waals surface area contributed by atoms with Crippen molar-refractivity contribution in [3.8, 4) is 0 Å². The molecule has 0 spiro atoms. The molecule has 2 aliphatic rings. The van der Waals surface area contributed by atoms with Crippen molar-refractivity contribution >= 4 is 39.1 Å². The van der Waals surface area contributed by atoms with Crippen molar-refractivity contribution in [1.29, 1.82) is 0 Å². The van der Waals surface area contributed by atoms with Crippen molar-refractivity contribution in [2.45, 2.75) is 19.4 Å². The molecule has 1 saturated heterocycles. The molecule has 0 bridgehead atoms. The molecule has 2 aromatic carbocycles. The third-order valence-electron chi connectivity index (χ3n) is 5.26. The van der Waals surface area contributed by atoms with E-state index in [1.165, 1.54) is 10.6 Å². The molecule has 6 nitrogen and oxygen atoms in total. The van der Waals surface area contributed by atoms with E-state index in [-0.39, 0.29) is 11.8 Å². The average Bonchev–Trinajstić information content (AvgIpc) is 2.76. The van der Waals surface area contributed by atoms with Gasteiger partial charge >= 0.3 is 0 Å². The SMILES string of the molecule is O=C(C1=NN(c2ccc(Br)cc2)C(=O)CC1)N1CCN(Cc2ccccc2)CC1. The normalized spacial score (nSPS) is 18.0. The standard InChI is InChI=1S/C22H23BrN4O2/c23-18-6-8-19(9-7-18)27-21(28)11-10-20(24-27)22(29)26-14-12-25(13-15-26)16-17-4-2-1-3-5-17/h1-9H,10-16H2. The summed E-state index contributed by atoms with van der Waals surface area (Å²) < 4.78 is 0.930. The molecule has 2 aliphatic heterocycles. The van der Waals surface area contributed by atoms with Crippen LogP contribution in [0, 0.1) is 0 Å². The number of carbonyl (C=O) groups is 2. The van der Waals surface area contributed by atoms with E-state index in [0.717, 1.165) is 24.1 Å². The molecule has 2 heterocycles. The van der Waals surface area contributed by atoms with E-state index in [1.54, 1.807) is 0 Å². The lowest BCUT2D eigenvalue weighted by atomic mass is 10.1. The van der Waals surface area contributed by atoms with Gasteiger partial charge in [0.25, 0.3) is 5.91 Å². The van der Waals surface area contributed by atoms with Crippen LogP contribution in [-0.2, 0) is 16.1 Å². The van der Waals surface area contributed by atoms with Crippen LogP contribution in [0.4, 0.5) is 5.69 Å². The highest BCUT2D eigenvalue weighted by atomic mass is 79.9. The van der Waals surface area contributed by atoms with Crippen LogP contribution in [0.25, 0.3) is 0 Å². The van der Waals surface area contributed by atoms with Gasteiger partial charge in [-0.15, -0.1) is 0 Å². The molecular weight excluding hydrogens is 432 g/mol. The number of halogens is 1. The van der Waals surface area contributed by atoms with Gasteiger partial charge in [-0.25, -0.2) is 5.01 Å². The summed E-state index contributed by atoms with van der Waals surface area (Å²) in [6.07, 6.45) is 0.698. The number of carbonyl (C=O) groups excluding carboxylic acids is 2. The van der Waals surface area contributed by atoms with E-state index in [4.69, 9.17) is 0 Å². The summed E-state index contributed by atoms with van der Waals surface area (Å²) in [6.45, 7) is 3.93. The van der Waals surface area contributed by atoms with Gasteiger partial charge in [-0.05, 0) is 29.8 Å². The van der Waals surface area contributed by atoms with Crippen LogP contribution in [0.15, 0.2) is 64.2 Å². The maximum absolute atomic E-state index is 13.0. The van der Waals surface area contributed by atoms with E-state index in [2.05, 4.69) is 50.2 Å². The second-order valence-electron chi connectivity index (χ2n) is 7.28. The van der Waals surface area contributed by atoms with Gasteiger partial charge in [0.2, 0.25) is 5.91 Å². The van der Waals surface area contributed by atoms with Crippen LogP contribution in [0.5, 0.6) is 0 Å². The Morgan fingerprint density at radius 3 is 2.31 bits per heavy atom. The van der Waals surface area contributed by atoms with Crippen LogP contribution in [0.1, 0.15) is 18.4 Å². The molecule has 7 heteroatoms. The molecule has 0 saturated carbocycles. The van der Waals surface area contributed by atoms with Crippen LogP contribution >= 0.6 is 15.9 Å². The molecule has 0 unspecified atom stereocenters.